The molecular weight excluding hydrogens is 350 g/mol. The molecule has 0 radical (unpaired) electrons. The van der Waals surface area contributed by atoms with Crippen molar-refractivity contribution in [3.63, 3.8) is 0 Å². The molecule has 2 aromatic rings. The minimum Gasteiger partial charge on any atom is -0.436 e. The van der Waals surface area contributed by atoms with E-state index in [9.17, 15) is 0 Å². The van der Waals surface area contributed by atoms with E-state index in [1.807, 2.05) is 0 Å². The largest absolute Gasteiger partial charge is 0.436 e. The van der Waals surface area contributed by atoms with Crippen LogP contribution < -0.4 is 4.74 Å². The van der Waals surface area contributed by atoms with Crippen LogP contribution in [-0.2, 0) is 0 Å². The Labute approximate surface area is 121 Å². The van der Waals surface area contributed by atoms with Crippen LogP contribution in [0.3, 0.4) is 0 Å². The van der Waals surface area contributed by atoms with Gasteiger partial charge in [-0.05, 0) is 45.7 Å². The normalized spacial score (nSPS) is 10.4. The number of hydrogen-bond donors (Lipinski definition) is 0. The Bertz CT molecular complexity index is 565. The average molecular weight is 354 g/mol. The third-order valence-corrected chi connectivity index (χ3v) is 3.04. The van der Waals surface area contributed by atoms with Gasteiger partial charge in [0, 0.05) is 11.2 Å². The van der Waals surface area contributed by atoms with Crippen LogP contribution in [-0.4, -0.2) is 9.97 Å². The van der Waals surface area contributed by atoms with Gasteiger partial charge in [0.15, 0.2) is 0 Å². The Morgan fingerprint density at radius 2 is 1.94 bits per heavy atom. The van der Waals surface area contributed by atoms with E-state index in [-0.39, 0.29) is 11.2 Å². The van der Waals surface area contributed by atoms with Crippen molar-refractivity contribution in [3.8, 4) is 11.6 Å². The summed E-state index contributed by atoms with van der Waals surface area (Å²) < 4.78 is 6.08. The smallest absolute Gasteiger partial charge is 0.238 e. The van der Waals surface area contributed by atoms with E-state index in [0.717, 1.165) is 0 Å². The van der Waals surface area contributed by atoms with Crippen LogP contribution in [0.1, 0.15) is 0 Å². The van der Waals surface area contributed by atoms with Crippen molar-refractivity contribution < 1.29 is 4.74 Å². The zero-order chi connectivity index (χ0) is 12.4. The van der Waals surface area contributed by atoms with Crippen LogP contribution in [0.4, 0.5) is 0 Å². The third-order valence-electron chi connectivity index (χ3n) is 1.78. The van der Waals surface area contributed by atoms with Gasteiger partial charge in [0.1, 0.15) is 5.75 Å². The predicted octanol–water partition coefficient (Wildman–Crippen LogP) is 4.99. The number of hydrogen-bond acceptors (Lipinski definition) is 3. The third kappa shape index (κ3) is 3.22. The highest BCUT2D eigenvalue weighted by Crippen LogP contribution is 2.33. The summed E-state index contributed by atoms with van der Waals surface area (Å²) in [6.45, 7) is 0. The molecule has 3 nitrogen and oxygen atoms in total. The summed E-state index contributed by atoms with van der Waals surface area (Å²) in [7, 11) is 0. The summed E-state index contributed by atoms with van der Waals surface area (Å²) in [5.74, 6) is 0.723. The number of rotatable bonds is 2. The maximum absolute atomic E-state index is 5.97. The number of ether oxygens (including phenoxy) is 1. The van der Waals surface area contributed by atoms with Gasteiger partial charge in [-0.25, -0.2) is 4.98 Å². The molecule has 0 bridgehead atoms. The van der Waals surface area contributed by atoms with Crippen LogP contribution in [0.2, 0.25) is 15.3 Å². The van der Waals surface area contributed by atoms with Crippen molar-refractivity contribution >= 4 is 50.7 Å². The number of halogens is 4. The number of benzene rings is 1. The van der Waals surface area contributed by atoms with Gasteiger partial charge < -0.3 is 4.74 Å². The highest BCUT2D eigenvalue weighted by molar-refractivity contribution is 9.10. The standard InChI is InChI=1S/C10H4BrCl3N2O/c11-6-4-15-10(14)16-9(6)17-8-2-1-5(12)3-7(8)13/h1-4H. The van der Waals surface area contributed by atoms with Crippen molar-refractivity contribution in [2.75, 3.05) is 0 Å². The summed E-state index contributed by atoms with van der Waals surface area (Å²) >= 11 is 20.7. The molecule has 0 amide bonds. The zero-order valence-electron chi connectivity index (χ0n) is 8.12. The van der Waals surface area contributed by atoms with Crippen molar-refractivity contribution in [2.24, 2.45) is 0 Å². The van der Waals surface area contributed by atoms with E-state index in [0.29, 0.717) is 20.3 Å². The maximum Gasteiger partial charge on any atom is 0.238 e. The van der Waals surface area contributed by atoms with Gasteiger partial charge in [-0.1, -0.05) is 23.2 Å². The van der Waals surface area contributed by atoms with E-state index in [1.165, 1.54) is 6.20 Å². The molecule has 0 unspecified atom stereocenters. The van der Waals surface area contributed by atoms with Gasteiger partial charge in [0.05, 0.1) is 9.50 Å². The van der Waals surface area contributed by atoms with Gasteiger partial charge in [0.2, 0.25) is 11.2 Å². The Balaban J connectivity index is 2.34. The fourth-order valence-corrected chi connectivity index (χ4v) is 1.91. The van der Waals surface area contributed by atoms with E-state index in [2.05, 4.69) is 25.9 Å². The van der Waals surface area contributed by atoms with Gasteiger partial charge >= 0.3 is 0 Å². The quantitative estimate of drug-likeness (QED) is 0.713. The molecule has 88 valence electrons. The van der Waals surface area contributed by atoms with Gasteiger partial charge in [-0.2, -0.15) is 4.98 Å². The van der Waals surface area contributed by atoms with Gasteiger partial charge in [-0.3, -0.25) is 0 Å². The molecule has 0 spiro atoms. The topological polar surface area (TPSA) is 35.0 Å². The first-order valence-corrected chi connectivity index (χ1v) is 6.30. The van der Waals surface area contributed by atoms with E-state index >= 15 is 0 Å². The zero-order valence-corrected chi connectivity index (χ0v) is 12.0. The van der Waals surface area contributed by atoms with Gasteiger partial charge in [-0.15, -0.1) is 0 Å². The van der Waals surface area contributed by atoms with E-state index in [1.54, 1.807) is 18.2 Å². The molecule has 1 aromatic heterocycles. The SMILES string of the molecule is Clc1ccc(Oc2nc(Cl)ncc2Br)c(Cl)c1. The molecule has 0 atom stereocenters. The van der Waals surface area contributed by atoms with Crippen molar-refractivity contribution in [3.05, 3.63) is 44.2 Å². The summed E-state index contributed by atoms with van der Waals surface area (Å²) in [6.07, 6.45) is 1.49. The first kappa shape index (κ1) is 12.9. The van der Waals surface area contributed by atoms with Crippen LogP contribution in [0.25, 0.3) is 0 Å². The maximum atomic E-state index is 5.97. The molecule has 0 saturated carbocycles. The Morgan fingerprint density at radius 1 is 1.18 bits per heavy atom. The van der Waals surface area contributed by atoms with Crippen LogP contribution in [0.5, 0.6) is 11.6 Å². The molecule has 0 aliphatic carbocycles. The van der Waals surface area contributed by atoms with Crippen molar-refractivity contribution in [1.82, 2.24) is 9.97 Å². The first-order valence-electron chi connectivity index (χ1n) is 4.37. The lowest BCUT2D eigenvalue weighted by Gasteiger charge is -2.08. The molecule has 17 heavy (non-hydrogen) atoms. The van der Waals surface area contributed by atoms with Gasteiger partial charge in [0.25, 0.3) is 0 Å². The predicted molar refractivity (Wildman–Crippen MR) is 71.3 cm³/mol. The second kappa shape index (κ2) is 5.40. The fourth-order valence-electron chi connectivity index (χ4n) is 1.06. The molecule has 0 saturated heterocycles. The van der Waals surface area contributed by atoms with Crippen LogP contribution in [0, 0.1) is 0 Å². The molecule has 2 rings (SSSR count). The Morgan fingerprint density at radius 3 is 2.65 bits per heavy atom. The van der Waals surface area contributed by atoms with Crippen LogP contribution in [0.15, 0.2) is 28.9 Å². The molecule has 0 fully saturated rings. The highest BCUT2D eigenvalue weighted by Gasteiger charge is 2.09. The molecule has 0 aliphatic heterocycles. The highest BCUT2D eigenvalue weighted by atomic mass is 79.9. The first-order chi connectivity index (χ1) is 8.06. The molecule has 0 N–H and O–H groups in total. The Kier molecular flexibility index (Phi) is 4.09. The molecule has 1 aromatic carbocycles. The Hall–Kier alpha value is -0.550. The summed E-state index contributed by atoms with van der Waals surface area (Å²) in [5, 5.41) is 1.01. The minimum atomic E-state index is 0.0910. The molecular formula is C10H4BrCl3N2O. The summed E-state index contributed by atoms with van der Waals surface area (Å²) in [6, 6.07) is 4.89. The lowest BCUT2D eigenvalue weighted by atomic mass is 10.3. The number of aromatic nitrogens is 2. The van der Waals surface area contributed by atoms with Crippen LogP contribution >= 0.6 is 50.7 Å². The lowest BCUT2D eigenvalue weighted by Crippen LogP contribution is -1.92. The molecule has 1 heterocycles. The minimum absolute atomic E-state index is 0.0910. The lowest BCUT2D eigenvalue weighted by molar-refractivity contribution is 0.458. The fraction of sp³-hybridized carbons (Fsp3) is 0. The summed E-state index contributed by atoms with van der Waals surface area (Å²) in [4.78, 5) is 7.72. The summed E-state index contributed by atoms with van der Waals surface area (Å²) in [5.41, 5.74) is 0. The second-order valence-corrected chi connectivity index (χ2v) is 5.00. The van der Waals surface area contributed by atoms with E-state index in [4.69, 9.17) is 39.5 Å². The number of nitrogens with zero attached hydrogens (tertiary/aromatic N) is 2. The van der Waals surface area contributed by atoms with Crippen molar-refractivity contribution in [2.45, 2.75) is 0 Å². The second-order valence-electron chi connectivity index (χ2n) is 2.97. The monoisotopic (exact) mass is 352 g/mol. The van der Waals surface area contributed by atoms with Crippen molar-refractivity contribution in [1.29, 1.82) is 0 Å². The van der Waals surface area contributed by atoms with E-state index < -0.39 is 0 Å². The molecule has 7 heteroatoms. The molecule has 0 aliphatic rings. The average Bonchev–Trinajstić information content (AvgIpc) is 2.27.